The van der Waals surface area contributed by atoms with E-state index in [-0.39, 0.29) is 0 Å². The van der Waals surface area contributed by atoms with E-state index < -0.39 is 0 Å². The van der Waals surface area contributed by atoms with Gasteiger partial charge in [-0.15, -0.1) is 0 Å². The van der Waals surface area contributed by atoms with Gasteiger partial charge in [-0.25, -0.2) is 0 Å². The molecule has 0 unspecified atom stereocenters. The molecule has 1 fully saturated rings. The number of hydrogen-bond acceptors (Lipinski definition) is 1. The zero-order valence-electron chi connectivity index (χ0n) is 11.2. The Morgan fingerprint density at radius 2 is 1.47 bits per heavy atom. The molecule has 1 saturated carbocycles. The molecule has 1 aromatic carbocycles. The van der Waals surface area contributed by atoms with Gasteiger partial charge in [0.25, 0.3) is 0 Å². The largest absolute Gasteiger partial charge is 0.372 e. The quantitative estimate of drug-likeness (QED) is 0.740. The van der Waals surface area contributed by atoms with Crippen molar-refractivity contribution < 1.29 is 0 Å². The molecule has 0 saturated heterocycles. The first kappa shape index (κ1) is 12.5. The molecule has 1 aliphatic carbocycles. The molecule has 2 rings (SSSR count). The van der Waals surface area contributed by atoms with Crippen LogP contribution in [-0.2, 0) is 0 Å². The first-order valence-electron chi connectivity index (χ1n) is 7.05. The summed E-state index contributed by atoms with van der Waals surface area (Å²) in [6.07, 6.45) is 6.80. The predicted octanol–water partition coefficient (Wildman–Crippen LogP) is 4.42. The molecule has 1 radical (unpaired) electrons. The lowest BCUT2D eigenvalue weighted by molar-refractivity contribution is 0.551. The average Bonchev–Trinajstić information content (AvgIpc) is 2.42. The van der Waals surface area contributed by atoms with Gasteiger partial charge in [0, 0.05) is 24.7 Å². The maximum atomic E-state index is 2.40. The number of benzene rings is 1. The van der Waals surface area contributed by atoms with Crippen LogP contribution < -0.4 is 4.90 Å². The van der Waals surface area contributed by atoms with Crippen LogP contribution >= 0.6 is 0 Å². The maximum Gasteiger partial charge on any atom is 0.0366 e. The molecule has 17 heavy (non-hydrogen) atoms. The molecule has 0 atom stereocenters. The van der Waals surface area contributed by atoms with Crippen molar-refractivity contribution in [3.05, 3.63) is 35.7 Å². The summed E-state index contributed by atoms with van der Waals surface area (Å²) in [5, 5.41) is 0. The van der Waals surface area contributed by atoms with E-state index in [4.69, 9.17) is 0 Å². The zero-order chi connectivity index (χ0) is 12.1. The van der Waals surface area contributed by atoms with Gasteiger partial charge in [0.05, 0.1) is 0 Å². The van der Waals surface area contributed by atoms with Crippen LogP contribution in [0.3, 0.4) is 0 Å². The highest BCUT2D eigenvalue weighted by molar-refractivity contribution is 5.49. The number of rotatable bonds is 4. The lowest BCUT2D eigenvalue weighted by Crippen LogP contribution is -2.21. The van der Waals surface area contributed by atoms with Crippen molar-refractivity contribution in [3.8, 4) is 0 Å². The Bertz CT molecular complexity index is 318. The van der Waals surface area contributed by atoms with Crippen molar-refractivity contribution in [1.29, 1.82) is 0 Å². The third-order valence-electron chi connectivity index (χ3n) is 3.86. The lowest BCUT2D eigenvalue weighted by Gasteiger charge is -2.24. The number of hydrogen-bond donors (Lipinski definition) is 0. The van der Waals surface area contributed by atoms with Crippen LogP contribution in [0.1, 0.15) is 51.5 Å². The first-order chi connectivity index (χ1) is 8.35. The van der Waals surface area contributed by atoms with E-state index in [0.717, 1.165) is 13.1 Å². The van der Waals surface area contributed by atoms with Crippen molar-refractivity contribution in [2.45, 2.75) is 46.0 Å². The summed E-state index contributed by atoms with van der Waals surface area (Å²) < 4.78 is 0. The highest BCUT2D eigenvalue weighted by Gasteiger charge is 2.16. The summed E-state index contributed by atoms with van der Waals surface area (Å²) in [5.74, 6) is 1.67. The summed E-state index contributed by atoms with van der Waals surface area (Å²) in [6, 6.07) is 9.19. The molecule has 1 nitrogen and oxygen atoms in total. The standard InChI is InChI=1S/C16H24N/c1-3-17(4-2)16-12-10-15(11-13-16)14-8-6-5-7-9-14/h10-13H,3-9H2,1-2H3. The molecule has 93 valence electrons. The summed E-state index contributed by atoms with van der Waals surface area (Å²) in [5.41, 5.74) is 2.83. The molecule has 0 aliphatic heterocycles. The van der Waals surface area contributed by atoms with Crippen molar-refractivity contribution in [3.63, 3.8) is 0 Å². The van der Waals surface area contributed by atoms with Gasteiger partial charge < -0.3 is 4.90 Å². The molecule has 0 aromatic heterocycles. The minimum atomic E-state index is 1.09. The number of nitrogens with zero attached hydrogens (tertiary/aromatic N) is 1. The van der Waals surface area contributed by atoms with Gasteiger partial charge in [0.15, 0.2) is 0 Å². The minimum Gasteiger partial charge on any atom is -0.372 e. The second-order valence-corrected chi connectivity index (χ2v) is 4.88. The molecule has 0 bridgehead atoms. The van der Waals surface area contributed by atoms with E-state index in [1.165, 1.54) is 43.4 Å². The summed E-state index contributed by atoms with van der Waals surface area (Å²) >= 11 is 0. The summed E-state index contributed by atoms with van der Waals surface area (Å²) in [7, 11) is 0. The van der Waals surface area contributed by atoms with E-state index >= 15 is 0 Å². The summed E-state index contributed by atoms with van der Waals surface area (Å²) in [4.78, 5) is 2.40. The van der Waals surface area contributed by atoms with Crippen molar-refractivity contribution in [2.75, 3.05) is 18.0 Å². The van der Waals surface area contributed by atoms with Crippen LogP contribution in [-0.4, -0.2) is 13.1 Å². The third-order valence-corrected chi connectivity index (χ3v) is 3.86. The van der Waals surface area contributed by atoms with Crippen LogP contribution in [0.2, 0.25) is 0 Å². The van der Waals surface area contributed by atoms with Gasteiger partial charge >= 0.3 is 0 Å². The Balaban J connectivity index is 2.06. The fourth-order valence-corrected chi connectivity index (χ4v) is 2.76. The molecule has 0 N–H and O–H groups in total. The maximum absolute atomic E-state index is 2.40. The molecule has 0 amide bonds. The Kier molecular flexibility index (Phi) is 4.47. The fourth-order valence-electron chi connectivity index (χ4n) is 2.76. The molecular formula is C16H24N. The summed E-state index contributed by atoms with van der Waals surface area (Å²) in [6.45, 7) is 6.61. The van der Waals surface area contributed by atoms with Gasteiger partial charge in [0.2, 0.25) is 0 Å². The number of anilines is 1. The van der Waals surface area contributed by atoms with E-state index in [2.05, 4.69) is 43.0 Å². The van der Waals surface area contributed by atoms with E-state index in [1.54, 1.807) is 5.92 Å². The molecule has 1 aromatic rings. The van der Waals surface area contributed by atoms with Gasteiger partial charge in [-0.1, -0.05) is 31.4 Å². The Labute approximate surface area is 106 Å². The van der Waals surface area contributed by atoms with Gasteiger partial charge in [-0.2, -0.15) is 0 Å². The monoisotopic (exact) mass is 230 g/mol. The fraction of sp³-hybridized carbons (Fsp3) is 0.562. The molecule has 1 heteroatoms. The molecule has 1 aliphatic rings. The lowest BCUT2D eigenvalue weighted by atomic mass is 9.84. The van der Waals surface area contributed by atoms with Crippen LogP contribution in [0, 0.1) is 5.92 Å². The molecular weight excluding hydrogens is 206 g/mol. The van der Waals surface area contributed by atoms with E-state index in [0.29, 0.717) is 0 Å². The third kappa shape index (κ3) is 3.02. The van der Waals surface area contributed by atoms with Crippen LogP contribution in [0.4, 0.5) is 5.69 Å². The molecule has 0 spiro atoms. The Morgan fingerprint density at radius 1 is 0.882 bits per heavy atom. The Morgan fingerprint density at radius 3 is 2.00 bits per heavy atom. The van der Waals surface area contributed by atoms with Crippen molar-refractivity contribution in [2.24, 2.45) is 0 Å². The predicted molar refractivity (Wildman–Crippen MR) is 75.4 cm³/mol. The first-order valence-corrected chi connectivity index (χ1v) is 7.05. The second kappa shape index (κ2) is 6.09. The van der Waals surface area contributed by atoms with Gasteiger partial charge in [0.1, 0.15) is 0 Å². The topological polar surface area (TPSA) is 3.24 Å². The van der Waals surface area contributed by atoms with Gasteiger partial charge in [-0.3, -0.25) is 0 Å². The van der Waals surface area contributed by atoms with Crippen LogP contribution in [0.15, 0.2) is 24.3 Å². The normalized spacial score (nSPS) is 17.1. The second-order valence-electron chi connectivity index (χ2n) is 4.88. The highest BCUT2D eigenvalue weighted by Crippen LogP contribution is 2.32. The van der Waals surface area contributed by atoms with E-state index in [1.807, 2.05) is 0 Å². The van der Waals surface area contributed by atoms with Crippen molar-refractivity contribution >= 4 is 5.69 Å². The highest BCUT2D eigenvalue weighted by atomic mass is 15.1. The smallest absolute Gasteiger partial charge is 0.0366 e. The van der Waals surface area contributed by atoms with Crippen LogP contribution in [0.25, 0.3) is 0 Å². The Hall–Kier alpha value is -0.980. The van der Waals surface area contributed by atoms with Crippen LogP contribution in [0.5, 0.6) is 0 Å². The van der Waals surface area contributed by atoms with Gasteiger partial charge in [-0.05, 0) is 44.4 Å². The zero-order valence-corrected chi connectivity index (χ0v) is 11.2. The molecule has 0 heterocycles. The average molecular weight is 230 g/mol. The minimum absolute atomic E-state index is 1.09. The van der Waals surface area contributed by atoms with E-state index in [9.17, 15) is 0 Å². The SMILES string of the molecule is CCN(CC)c1ccc([C]2CCCCC2)cc1. The van der Waals surface area contributed by atoms with Crippen molar-refractivity contribution in [1.82, 2.24) is 0 Å².